The number of hydrogen-bond acceptors (Lipinski definition) is 6. The average molecular weight is 243 g/mol. The number of nitriles is 2. The predicted molar refractivity (Wildman–Crippen MR) is 56.5 cm³/mol. The van der Waals surface area contributed by atoms with Crippen molar-refractivity contribution in [3.8, 4) is 12.1 Å². The number of aliphatic hydroxyl groups is 1. The monoisotopic (exact) mass is 242 g/mol. The van der Waals surface area contributed by atoms with Crippen molar-refractivity contribution in [2.24, 2.45) is 0 Å². The van der Waals surface area contributed by atoms with Crippen molar-refractivity contribution in [3.63, 3.8) is 0 Å². The molecule has 0 aliphatic heterocycles. The van der Waals surface area contributed by atoms with Gasteiger partial charge < -0.3 is 10.0 Å². The smallest absolute Gasteiger partial charge is 0.188 e. The van der Waals surface area contributed by atoms with E-state index in [1.54, 1.807) is 0 Å². The number of hydrogen-bond donors (Lipinski definition) is 1. The first-order chi connectivity index (χ1) is 7.22. The van der Waals surface area contributed by atoms with E-state index in [1.165, 1.54) is 16.2 Å². The number of nitrogens with zero attached hydrogens (tertiary/aromatic N) is 4. The summed E-state index contributed by atoms with van der Waals surface area (Å²) in [5.41, 5.74) is 0. The Labute approximate surface area is 95.8 Å². The van der Waals surface area contributed by atoms with E-state index in [9.17, 15) is 0 Å². The molecular formula is C8H7ClN4OS. The molecule has 0 aromatic carbocycles. The topological polar surface area (TPSA) is 83.9 Å². The summed E-state index contributed by atoms with van der Waals surface area (Å²) in [6, 6.07) is 3.87. The zero-order valence-corrected chi connectivity index (χ0v) is 9.22. The first-order valence-electron chi connectivity index (χ1n) is 3.97. The highest BCUT2D eigenvalue weighted by atomic mass is 35.5. The van der Waals surface area contributed by atoms with Crippen LogP contribution in [0.1, 0.15) is 4.88 Å². The molecule has 0 aliphatic carbocycles. The summed E-state index contributed by atoms with van der Waals surface area (Å²) in [5.74, 6) is 0. The maximum atomic E-state index is 8.91. The fraction of sp³-hybridized carbons (Fsp3) is 0.375. The van der Waals surface area contributed by atoms with Crippen LogP contribution in [0.25, 0.3) is 0 Å². The Balaban J connectivity index is 2.92. The summed E-state index contributed by atoms with van der Waals surface area (Å²) < 4.78 is 0. The maximum Gasteiger partial charge on any atom is 0.188 e. The molecule has 5 nitrogen and oxygen atoms in total. The van der Waals surface area contributed by atoms with Crippen LogP contribution in [0.15, 0.2) is 0 Å². The number of halogens is 1. The molecule has 0 bridgehead atoms. The fourth-order valence-electron chi connectivity index (χ4n) is 0.916. The quantitative estimate of drug-likeness (QED) is 0.801. The van der Waals surface area contributed by atoms with Crippen LogP contribution in [0.2, 0.25) is 5.15 Å². The van der Waals surface area contributed by atoms with Crippen molar-refractivity contribution in [2.45, 2.75) is 6.61 Å². The molecule has 1 N–H and O–H groups in total. The Morgan fingerprint density at radius 2 is 2.00 bits per heavy atom. The lowest BCUT2D eigenvalue weighted by Crippen LogP contribution is -2.23. The lowest BCUT2D eigenvalue weighted by molar-refractivity contribution is 0.285. The molecule has 0 amide bonds. The Bertz CT molecular complexity index is 403. The molecule has 7 heteroatoms. The van der Waals surface area contributed by atoms with Crippen LogP contribution in [-0.4, -0.2) is 23.2 Å². The van der Waals surface area contributed by atoms with E-state index in [1.807, 2.05) is 12.1 Å². The molecule has 0 aliphatic rings. The number of anilines is 1. The van der Waals surface area contributed by atoms with E-state index >= 15 is 0 Å². The predicted octanol–water partition coefficient (Wildman–Crippen LogP) is 1.14. The van der Waals surface area contributed by atoms with Crippen molar-refractivity contribution in [1.29, 1.82) is 10.5 Å². The molecule has 1 aromatic heterocycles. The van der Waals surface area contributed by atoms with Gasteiger partial charge in [0.2, 0.25) is 0 Å². The summed E-state index contributed by atoms with van der Waals surface area (Å²) in [6.07, 6.45) is 0. The van der Waals surface area contributed by atoms with Gasteiger partial charge >= 0.3 is 0 Å². The van der Waals surface area contributed by atoms with Gasteiger partial charge in [-0.15, -0.1) is 0 Å². The van der Waals surface area contributed by atoms with E-state index in [4.69, 9.17) is 27.2 Å². The Kier molecular flexibility index (Phi) is 4.32. The molecule has 0 unspecified atom stereocenters. The Morgan fingerprint density at radius 3 is 2.40 bits per heavy atom. The van der Waals surface area contributed by atoms with Gasteiger partial charge in [-0.05, 0) is 0 Å². The van der Waals surface area contributed by atoms with Gasteiger partial charge in [-0.25, -0.2) is 4.98 Å². The second-order valence-corrected chi connectivity index (χ2v) is 3.96. The SMILES string of the molecule is N#CCN(CC#N)c1nc(Cl)c(CO)s1. The molecule has 1 aromatic rings. The van der Waals surface area contributed by atoms with Gasteiger partial charge in [-0.3, -0.25) is 0 Å². The Hall–Kier alpha value is -1.34. The van der Waals surface area contributed by atoms with E-state index in [0.717, 1.165) is 0 Å². The van der Waals surface area contributed by atoms with E-state index < -0.39 is 0 Å². The van der Waals surface area contributed by atoms with Crippen molar-refractivity contribution in [1.82, 2.24) is 4.98 Å². The van der Waals surface area contributed by atoms with Crippen molar-refractivity contribution < 1.29 is 5.11 Å². The zero-order chi connectivity index (χ0) is 11.3. The van der Waals surface area contributed by atoms with Gasteiger partial charge in [-0.2, -0.15) is 10.5 Å². The van der Waals surface area contributed by atoms with Gasteiger partial charge in [0.1, 0.15) is 18.2 Å². The lowest BCUT2D eigenvalue weighted by atomic mass is 10.5. The highest BCUT2D eigenvalue weighted by molar-refractivity contribution is 7.16. The number of aliphatic hydroxyl groups excluding tert-OH is 1. The second kappa shape index (κ2) is 5.52. The van der Waals surface area contributed by atoms with Crippen LogP contribution < -0.4 is 4.90 Å². The van der Waals surface area contributed by atoms with Crippen LogP contribution in [-0.2, 0) is 6.61 Å². The first kappa shape index (κ1) is 11.7. The molecular weight excluding hydrogens is 236 g/mol. The minimum atomic E-state index is -0.191. The molecule has 0 saturated carbocycles. The third kappa shape index (κ3) is 2.80. The molecule has 78 valence electrons. The van der Waals surface area contributed by atoms with Gasteiger partial charge in [0.15, 0.2) is 5.13 Å². The second-order valence-electron chi connectivity index (χ2n) is 2.54. The van der Waals surface area contributed by atoms with Gasteiger partial charge in [0.25, 0.3) is 0 Å². The highest BCUT2D eigenvalue weighted by Crippen LogP contribution is 2.29. The number of thiazole rings is 1. The first-order valence-corrected chi connectivity index (χ1v) is 5.17. The van der Waals surface area contributed by atoms with Crippen LogP contribution in [0.3, 0.4) is 0 Å². The van der Waals surface area contributed by atoms with Gasteiger partial charge in [0, 0.05) is 0 Å². The van der Waals surface area contributed by atoms with E-state index in [2.05, 4.69) is 4.98 Å². The molecule has 0 fully saturated rings. The minimum Gasteiger partial charge on any atom is -0.391 e. The molecule has 15 heavy (non-hydrogen) atoms. The summed E-state index contributed by atoms with van der Waals surface area (Å²) >= 11 is 6.91. The van der Waals surface area contributed by atoms with Gasteiger partial charge in [0.05, 0.1) is 23.6 Å². The zero-order valence-electron chi connectivity index (χ0n) is 7.64. The molecule has 1 rings (SSSR count). The molecule has 0 spiro atoms. The third-order valence-corrected chi connectivity index (χ3v) is 3.10. The maximum absolute atomic E-state index is 8.91. The fourth-order valence-corrected chi connectivity index (χ4v) is 2.03. The van der Waals surface area contributed by atoms with Crippen LogP contribution in [0.4, 0.5) is 5.13 Å². The van der Waals surface area contributed by atoms with Crippen LogP contribution in [0.5, 0.6) is 0 Å². The van der Waals surface area contributed by atoms with Crippen molar-refractivity contribution in [2.75, 3.05) is 18.0 Å². The van der Waals surface area contributed by atoms with Crippen molar-refractivity contribution in [3.05, 3.63) is 10.0 Å². The largest absolute Gasteiger partial charge is 0.391 e. The Morgan fingerprint density at radius 1 is 1.40 bits per heavy atom. The van der Waals surface area contributed by atoms with E-state index in [-0.39, 0.29) is 24.8 Å². The minimum absolute atomic E-state index is 0.0717. The molecule has 1 heterocycles. The highest BCUT2D eigenvalue weighted by Gasteiger charge is 2.14. The summed E-state index contributed by atoms with van der Waals surface area (Å²) in [6.45, 7) is -0.0476. The van der Waals surface area contributed by atoms with Crippen molar-refractivity contribution >= 4 is 28.1 Å². The summed E-state index contributed by atoms with van der Waals surface area (Å²) in [5, 5.41) is 26.7. The van der Waals surface area contributed by atoms with Crippen LogP contribution in [0, 0.1) is 22.7 Å². The van der Waals surface area contributed by atoms with E-state index in [0.29, 0.717) is 10.0 Å². The average Bonchev–Trinajstić information content (AvgIpc) is 2.59. The molecule has 0 saturated heterocycles. The summed E-state index contributed by atoms with van der Waals surface area (Å²) in [7, 11) is 0. The van der Waals surface area contributed by atoms with Crippen LogP contribution >= 0.6 is 22.9 Å². The normalized spacial score (nSPS) is 9.33. The summed E-state index contributed by atoms with van der Waals surface area (Å²) in [4.78, 5) is 6.00. The van der Waals surface area contributed by atoms with Gasteiger partial charge in [-0.1, -0.05) is 22.9 Å². The number of aromatic nitrogens is 1. The molecule has 0 radical (unpaired) electrons. The number of rotatable bonds is 4. The standard InChI is InChI=1S/C8H7ClN4OS/c9-7-6(5-14)15-8(12-7)13(3-1-10)4-2-11/h14H,3-5H2. The third-order valence-electron chi connectivity index (χ3n) is 1.58. The molecule has 0 atom stereocenters. The lowest BCUT2D eigenvalue weighted by Gasteiger charge is -2.12.